The molecule has 0 atom stereocenters. The number of carbonyl (C=O) groups excluding carboxylic acids is 2. The zero-order valence-electron chi connectivity index (χ0n) is 17.7. The van der Waals surface area contributed by atoms with Crippen LogP contribution in [0.25, 0.3) is 0 Å². The predicted octanol–water partition coefficient (Wildman–Crippen LogP) is 3.49. The summed E-state index contributed by atoms with van der Waals surface area (Å²) < 4.78 is 10.6. The molecule has 0 saturated carbocycles. The third-order valence-electron chi connectivity index (χ3n) is 4.81. The fourth-order valence-corrected chi connectivity index (χ4v) is 3.12. The van der Waals surface area contributed by atoms with Gasteiger partial charge in [0.2, 0.25) is 11.8 Å². The van der Waals surface area contributed by atoms with Crippen molar-refractivity contribution in [1.82, 2.24) is 9.80 Å². The van der Waals surface area contributed by atoms with Gasteiger partial charge in [-0.05, 0) is 30.2 Å². The van der Waals surface area contributed by atoms with Gasteiger partial charge in [0.15, 0.2) is 11.5 Å². The number of ether oxygens (including phenoxy) is 2. The fourth-order valence-electron chi connectivity index (χ4n) is 3.12. The number of carbonyl (C=O) groups is 2. The molecule has 2 aromatic carbocycles. The Kier molecular flexibility index (Phi) is 8.52. The normalized spacial score (nSPS) is 10.3. The smallest absolute Gasteiger partial charge is 0.224 e. The van der Waals surface area contributed by atoms with Gasteiger partial charge in [0, 0.05) is 39.5 Å². The number of amides is 2. The van der Waals surface area contributed by atoms with E-state index in [1.54, 1.807) is 19.1 Å². The number of hydrogen-bond acceptors (Lipinski definition) is 4. The molecule has 2 amide bonds. The fraction of sp³-hybridized carbons (Fsp3) is 0.391. The van der Waals surface area contributed by atoms with Gasteiger partial charge in [0.05, 0.1) is 14.2 Å². The maximum atomic E-state index is 12.7. The van der Waals surface area contributed by atoms with Gasteiger partial charge in [-0.2, -0.15) is 0 Å². The molecular formula is C23H30N2O4. The molecule has 0 aliphatic carbocycles. The zero-order chi connectivity index (χ0) is 21.2. The van der Waals surface area contributed by atoms with Crippen LogP contribution in [0.4, 0.5) is 0 Å². The molecule has 6 nitrogen and oxygen atoms in total. The molecule has 6 heteroatoms. The second-order valence-electron chi connectivity index (χ2n) is 6.77. The van der Waals surface area contributed by atoms with Crippen LogP contribution in [0.2, 0.25) is 0 Å². The average Bonchev–Trinajstić information content (AvgIpc) is 2.74. The number of benzene rings is 2. The van der Waals surface area contributed by atoms with Gasteiger partial charge < -0.3 is 19.3 Å². The highest BCUT2D eigenvalue weighted by Gasteiger charge is 2.17. The molecule has 0 spiro atoms. The van der Waals surface area contributed by atoms with Crippen LogP contribution < -0.4 is 9.47 Å². The van der Waals surface area contributed by atoms with E-state index in [-0.39, 0.29) is 18.2 Å². The molecule has 0 saturated heterocycles. The predicted molar refractivity (Wildman–Crippen MR) is 113 cm³/mol. The molecule has 0 unspecified atom stereocenters. The summed E-state index contributed by atoms with van der Waals surface area (Å²) in [6, 6.07) is 15.5. The molecule has 0 heterocycles. The van der Waals surface area contributed by atoms with E-state index in [1.165, 1.54) is 6.92 Å². The second-order valence-corrected chi connectivity index (χ2v) is 6.77. The SMILES string of the molecule is CCN(Cc1ccccc1)C(=O)CCN(Cc1ccc(OC)c(OC)c1)C(C)=O. The van der Waals surface area contributed by atoms with Gasteiger partial charge in [-0.1, -0.05) is 36.4 Å². The van der Waals surface area contributed by atoms with Crippen LogP contribution in [0.3, 0.4) is 0 Å². The molecule has 2 rings (SSSR count). The quantitative estimate of drug-likeness (QED) is 0.615. The molecule has 0 radical (unpaired) electrons. The first kappa shape index (κ1) is 22.3. The lowest BCUT2D eigenvalue weighted by atomic mass is 10.1. The lowest BCUT2D eigenvalue weighted by molar-refractivity contribution is -0.134. The first-order chi connectivity index (χ1) is 14.0. The van der Waals surface area contributed by atoms with Crippen molar-refractivity contribution in [2.45, 2.75) is 33.4 Å². The van der Waals surface area contributed by atoms with Crippen LogP contribution in [0, 0.1) is 0 Å². The Morgan fingerprint density at radius 1 is 0.862 bits per heavy atom. The Labute approximate surface area is 173 Å². The van der Waals surface area contributed by atoms with Gasteiger partial charge in [0.25, 0.3) is 0 Å². The van der Waals surface area contributed by atoms with E-state index in [0.29, 0.717) is 37.7 Å². The third-order valence-corrected chi connectivity index (χ3v) is 4.81. The van der Waals surface area contributed by atoms with Gasteiger partial charge in [-0.3, -0.25) is 9.59 Å². The molecule has 0 N–H and O–H groups in total. The standard InChI is InChI=1S/C23H30N2O4/c1-5-24(16-19-9-7-6-8-10-19)23(27)13-14-25(18(2)26)17-20-11-12-21(28-3)22(15-20)29-4/h6-12,15H,5,13-14,16-17H2,1-4H3. The lowest BCUT2D eigenvalue weighted by Gasteiger charge is -2.25. The van der Waals surface area contributed by atoms with Gasteiger partial charge in [-0.25, -0.2) is 0 Å². The highest BCUT2D eigenvalue weighted by Crippen LogP contribution is 2.28. The van der Waals surface area contributed by atoms with Crippen molar-refractivity contribution < 1.29 is 19.1 Å². The number of nitrogens with zero attached hydrogens (tertiary/aromatic N) is 2. The van der Waals surface area contributed by atoms with Crippen LogP contribution in [0.15, 0.2) is 48.5 Å². The summed E-state index contributed by atoms with van der Waals surface area (Å²) in [6.45, 7) is 5.47. The van der Waals surface area contributed by atoms with E-state index in [4.69, 9.17) is 9.47 Å². The van der Waals surface area contributed by atoms with Crippen molar-refractivity contribution in [2.75, 3.05) is 27.3 Å². The van der Waals surface area contributed by atoms with Gasteiger partial charge in [0.1, 0.15) is 0 Å². The molecule has 0 aromatic heterocycles. The van der Waals surface area contributed by atoms with Crippen molar-refractivity contribution in [1.29, 1.82) is 0 Å². The lowest BCUT2D eigenvalue weighted by Crippen LogP contribution is -2.35. The van der Waals surface area contributed by atoms with E-state index in [0.717, 1.165) is 11.1 Å². The summed E-state index contributed by atoms with van der Waals surface area (Å²) in [6.07, 6.45) is 0.285. The summed E-state index contributed by atoms with van der Waals surface area (Å²) in [5.41, 5.74) is 2.01. The molecule has 0 aliphatic rings. The van der Waals surface area contributed by atoms with Gasteiger partial charge in [-0.15, -0.1) is 0 Å². The largest absolute Gasteiger partial charge is 0.493 e. The van der Waals surface area contributed by atoms with Gasteiger partial charge >= 0.3 is 0 Å². The highest BCUT2D eigenvalue weighted by atomic mass is 16.5. The minimum Gasteiger partial charge on any atom is -0.493 e. The maximum absolute atomic E-state index is 12.7. The first-order valence-electron chi connectivity index (χ1n) is 9.76. The molecule has 29 heavy (non-hydrogen) atoms. The van der Waals surface area contributed by atoms with E-state index in [2.05, 4.69) is 0 Å². The molecule has 2 aromatic rings. The highest BCUT2D eigenvalue weighted by molar-refractivity contribution is 5.78. The van der Waals surface area contributed by atoms with Crippen LogP contribution in [-0.2, 0) is 22.7 Å². The Bertz CT molecular complexity index is 808. The first-order valence-corrected chi connectivity index (χ1v) is 9.76. The van der Waals surface area contributed by atoms with Crippen molar-refractivity contribution >= 4 is 11.8 Å². The van der Waals surface area contributed by atoms with Crippen molar-refractivity contribution in [3.63, 3.8) is 0 Å². The van der Waals surface area contributed by atoms with Crippen LogP contribution in [-0.4, -0.2) is 48.9 Å². The number of methoxy groups -OCH3 is 2. The Balaban J connectivity index is 1.99. The monoisotopic (exact) mass is 398 g/mol. The minimum atomic E-state index is -0.0707. The van der Waals surface area contributed by atoms with E-state index < -0.39 is 0 Å². The third kappa shape index (κ3) is 6.52. The summed E-state index contributed by atoms with van der Waals surface area (Å²) in [4.78, 5) is 28.3. The minimum absolute atomic E-state index is 0.0370. The van der Waals surface area contributed by atoms with E-state index in [9.17, 15) is 9.59 Å². The summed E-state index contributed by atoms with van der Waals surface area (Å²) in [5.74, 6) is 1.22. The Hall–Kier alpha value is -3.02. The Morgan fingerprint density at radius 3 is 2.10 bits per heavy atom. The van der Waals surface area contributed by atoms with Crippen LogP contribution in [0.5, 0.6) is 11.5 Å². The van der Waals surface area contributed by atoms with E-state index in [1.807, 2.05) is 60.4 Å². The second kappa shape index (κ2) is 11.1. The summed E-state index contributed by atoms with van der Waals surface area (Å²) in [7, 11) is 3.16. The molecule has 156 valence electrons. The Morgan fingerprint density at radius 2 is 1.52 bits per heavy atom. The summed E-state index contributed by atoms with van der Waals surface area (Å²) >= 11 is 0. The van der Waals surface area contributed by atoms with E-state index >= 15 is 0 Å². The maximum Gasteiger partial charge on any atom is 0.224 e. The molecule has 0 aliphatic heterocycles. The van der Waals surface area contributed by atoms with Crippen molar-refractivity contribution in [2.24, 2.45) is 0 Å². The molecule has 0 bridgehead atoms. The van der Waals surface area contributed by atoms with Crippen molar-refractivity contribution in [3.8, 4) is 11.5 Å². The number of rotatable bonds is 10. The molecular weight excluding hydrogens is 368 g/mol. The molecule has 0 fully saturated rings. The zero-order valence-corrected chi connectivity index (χ0v) is 17.7. The topological polar surface area (TPSA) is 59.1 Å². The summed E-state index contributed by atoms with van der Waals surface area (Å²) in [5, 5.41) is 0. The number of hydrogen-bond donors (Lipinski definition) is 0. The van der Waals surface area contributed by atoms with Crippen LogP contribution >= 0.6 is 0 Å². The van der Waals surface area contributed by atoms with Crippen molar-refractivity contribution in [3.05, 3.63) is 59.7 Å². The average molecular weight is 399 g/mol. The van der Waals surface area contributed by atoms with Crippen LogP contribution in [0.1, 0.15) is 31.4 Å².